The fourth-order valence-corrected chi connectivity index (χ4v) is 1.30. The molecule has 1 rings (SSSR count). The summed E-state index contributed by atoms with van der Waals surface area (Å²) in [6, 6.07) is 3.23. The molecule has 1 aromatic rings. The van der Waals surface area contributed by atoms with E-state index in [0.29, 0.717) is 25.7 Å². The Labute approximate surface area is 107 Å². The number of nitrogens with zero attached hydrogens (tertiary/aromatic N) is 1. The second-order valence-corrected chi connectivity index (χ2v) is 4.30. The van der Waals surface area contributed by atoms with Crippen molar-refractivity contribution in [1.82, 2.24) is 4.98 Å². The minimum atomic E-state index is -1.09. The molecule has 18 heavy (non-hydrogen) atoms. The molecule has 0 spiro atoms. The maximum absolute atomic E-state index is 10.9. The molecular formula is C13H19NO4. The van der Waals surface area contributed by atoms with Crippen LogP contribution < -0.4 is 4.74 Å². The fraction of sp³-hybridized carbons (Fsp3) is 0.538. The molecule has 0 unspecified atom stereocenters. The molecule has 0 aromatic carbocycles. The van der Waals surface area contributed by atoms with Crippen LogP contribution in [0.1, 0.15) is 30.8 Å². The van der Waals surface area contributed by atoms with Crippen molar-refractivity contribution in [2.45, 2.75) is 20.3 Å². The Hall–Kier alpha value is -1.62. The van der Waals surface area contributed by atoms with E-state index in [4.69, 9.17) is 14.6 Å². The lowest BCUT2D eigenvalue weighted by Gasteiger charge is -2.09. The molecule has 0 aliphatic rings. The Kier molecular flexibility index (Phi) is 6.14. The maximum Gasteiger partial charge on any atom is 0.358 e. The van der Waals surface area contributed by atoms with Gasteiger partial charge in [0.25, 0.3) is 0 Å². The number of carboxylic acids is 1. The van der Waals surface area contributed by atoms with Crippen molar-refractivity contribution in [1.29, 1.82) is 0 Å². The minimum Gasteiger partial charge on any atom is -0.489 e. The number of aromatic carboxylic acids is 1. The third kappa shape index (κ3) is 5.14. The molecule has 0 bridgehead atoms. The predicted octanol–water partition coefficient (Wildman–Crippen LogP) is 2.22. The molecule has 5 heteroatoms. The fourth-order valence-electron chi connectivity index (χ4n) is 1.30. The van der Waals surface area contributed by atoms with Gasteiger partial charge in [0.1, 0.15) is 6.61 Å². The van der Waals surface area contributed by atoms with E-state index >= 15 is 0 Å². The van der Waals surface area contributed by atoms with Crippen LogP contribution in [0.2, 0.25) is 0 Å². The van der Waals surface area contributed by atoms with Crippen LogP contribution in [0, 0.1) is 5.92 Å². The van der Waals surface area contributed by atoms with Gasteiger partial charge in [0, 0.05) is 12.8 Å². The number of rotatable bonds is 8. The van der Waals surface area contributed by atoms with Gasteiger partial charge in [-0.25, -0.2) is 9.78 Å². The first kappa shape index (κ1) is 14.4. The number of ether oxygens (including phenoxy) is 2. The van der Waals surface area contributed by atoms with Gasteiger partial charge in [-0.3, -0.25) is 0 Å². The number of carboxylic acid groups (broad SMARTS) is 1. The predicted molar refractivity (Wildman–Crippen MR) is 67.0 cm³/mol. The summed E-state index contributed by atoms with van der Waals surface area (Å²) in [5.41, 5.74) is -0.0697. The van der Waals surface area contributed by atoms with Crippen LogP contribution in [0.4, 0.5) is 0 Å². The Morgan fingerprint density at radius 3 is 2.83 bits per heavy atom. The zero-order chi connectivity index (χ0) is 13.4. The molecular weight excluding hydrogens is 234 g/mol. The van der Waals surface area contributed by atoms with Crippen molar-refractivity contribution >= 4 is 5.97 Å². The highest BCUT2D eigenvalue weighted by Crippen LogP contribution is 2.14. The summed E-state index contributed by atoms with van der Waals surface area (Å²) in [7, 11) is 0. The van der Waals surface area contributed by atoms with Gasteiger partial charge in [-0.2, -0.15) is 0 Å². The highest BCUT2D eigenvalue weighted by molar-refractivity contribution is 5.88. The number of carbonyl (C=O) groups is 1. The lowest BCUT2D eigenvalue weighted by molar-refractivity contribution is 0.0675. The van der Waals surface area contributed by atoms with Crippen LogP contribution in [0.3, 0.4) is 0 Å². The molecule has 0 amide bonds. The lowest BCUT2D eigenvalue weighted by Crippen LogP contribution is -2.11. The standard InChI is InChI=1S/C13H19NO4/c1-10(2)5-7-17-8-9-18-11-4-3-6-14-12(11)13(15)16/h3-4,6,10H,5,7-9H2,1-2H3,(H,15,16). The molecule has 1 heterocycles. The summed E-state index contributed by atoms with van der Waals surface area (Å²) in [4.78, 5) is 14.6. The summed E-state index contributed by atoms with van der Waals surface area (Å²) >= 11 is 0. The zero-order valence-corrected chi connectivity index (χ0v) is 10.8. The quantitative estimate of drug-likeness (QED) is 0.719. The van der Waals surface area contributed by atoms with Crippen LogP contribution in [-0.4, -0.2) is 35.9 Å². The number of pyridine rings is 1. The molecule has 0 aliphatic carbocycles. The van der Waals surface area contributed by atoms with Crippen LogP contribution >= 0.6 is 0 Å². The van der Waals surface area contributed by atoms with Gasteiger partial charge in [-0.05, 0) is 24.5 Å². The van der Waals surface area contributed by atoms with Gasteiger partial charge in [0.15, 0.2) is 11.4 Å². The summed E-state index contributed by atoms with van der Waals surface area (Å²) < 4.78 is 10.7. The van der Waals surface area contributed by atoms with Crippen molar-refractivity contribution < 1.29 is 19.4 Å². The second kappa shape index (κ2) is 7.66. The summed E-state index contributed by atoms with van der Waals surface area (Å²) in [6.07, 6.45) is 2.43. The van der Waals surface area contributed by atoms with E-state index in [-0.39, 0.29) is 11.4 Å². The van der Waals surface area contributed by atoms with Gasteiger partial charge in [-0.15, -0.1) is 0 Å². The lowest BCUT2D eigenvalue weighted by atomic mass is 10.1. The summed E-state index contributed by atoms with van der Waals surface area (Å²) in [6.45, 7) is 5.73. The van der Waals surface area contributed by atoms with E-state index in [2.05, 4.69) is 18.8 Å². The molecule has 100 valence electrons. The highest BCUT2D eigenvalue weighted by Gasteiger charge is 2.11. The van der Waals surface area contributed by atoms with E-state index in [0.717, 1.165) is 6.42 Å². The molecule has 0 radical (unpaired) electrons. The molecule has 0 atom stereocenters. The van der Waals surface area contributed by atoms with Crippen LogP contribution in [0.15, 0.2) is 18.3 Å². The molecule has 0 fully saturated rings. The monoisotopic (exact) mass is 253 g/mol. The van der Waals surface area contributed by atoms with Crippen LogP contribution in [0.5, 0.6) is 5.75 Å². The SMILES string of the molecule is CC(C)CCOCCOc1cccnc1C(=O)O. The topological polar surface area (TPSA) is 68.7 Å². The van der Waals surface area contributed by atoms with Crippen molar-refractivity contribution in [2.75, 3.05) is 19.8 Å². The molecule has 5 nitrogen and oxygen atoms in total. The minimum absolute atomic E-state index is 0.0697. The van der Waals surface area contributed by atoms with Gasteiger partial charge in [-0.1, -0.05) is 13.8 Å². The molecule has 1 aromatic heterocycles. The Balaban J connectivity index is 2.29. The van der Waals surface area contributed by atoms with Crippen molar-refractivity contribution in [3.8, 4) is 5.75 Å². The first-order valence-electron chi connectivity index (χ1n) is 6.00. The number of hydrogen-bond donors (Lipinski definition) is 1. The van der Waals surface area contributed by atoms with Gasteiger partial charge in [0.05, 0.1) is 6.61 Å². The van der Waals surface area contributed by atoms with Gasteiger partial charge in [0.2, 0.25) is 0 Å². The molecule has 0 saturated heterocycles. The maximum atomic E-state index is 10.9. The number of hydrogen-bond acceptors (Lipinski definition) is 4. The third-order valence-electron chi connectivity index (χ3n) is 2.30. The smallest absolute Gasteiger partial charge is 0.358 e. The van der Waals surface area contributed by atoms with Gasteiger partial charge >= 0.3 is 5.97 Å². The first-order valence-corrected chi connectivity index (χ1v) is 6.00. The van der Waals surface area contributed by atoms with Gasteiger partial charge < -0.3 is 14.6 Å². The van der Waals surface area contributed by atoms with Crippen molar-refractivity contribution in [3.05, 3.63) is 24.0 Å². The normalized spacial score (nSPS) is 10.6. The first-order chi connectivity index (χ1) is 8.61. The van der Waals surface area contributed by atoms with E-state index in [9.17, 15) is 4.79 Å². The molecule has 1 N–H and O–H groups in total. The van der Waals surface area contributed by atoms with Crippen LogP contribution in [0.25, 0.3) is 0 Å². The van der Waals surface area contributed by atoms with Crippen LogP contribution in [-0.2, 0) is 4.74 Å². The average Bonchev–Trinajstić information content (AvgIpc) is 2.33. The number of aromatic nitrogens is 1. The Morgan fingerprint density at radius 2 is 2.17 bits per heavy atom. The summed E-state index contributed by atoms with van der Waals surface area (Å²) in [5.74, 6) is -0.202. The van der Waals surface area contributed by atoms with E-state index in [1.807, 2.05) is 0 Å². The van der Waals surface area contributed by atoms with E-state index < -0.39 is 5.97 Å². The highest BCUT2D eigenvalue weighted by atomic mass is 16.5. The Bertz CT molecular complexity index is 379. The van der Waals surface area contributed by atoms with Crippen molar-refractivity contribution in [2.24, 2.45) is 5.92 Å². The third-order valence-corrected chi connectivity index (χ3v) is 2.30. The average molecular weight is 253 g/mol. The zero-order valence-electron chi connectivity index (χ0n) is 10.8. The Morgan fingerprint density at radius 1 is 1.39 bits per heavy atom. The van der Waals surface area contributed by atoms with Crippen molar-refractivity contribution in [3.63, 3.8) is 0 Å². The largest absolute Gasteiger partial charge is 0.489 e. The molecule has 0 aliphatic heterocycles. The summed E-state index contributed by atoms with van der Waals surface area (Å²) in [5, 5.41) is 8.89. The molecule has 0 saturated carbocycles. The van der Waals surface area contributed by atoms with E-state index in [1.54, 1.807) is 12.1 Å². The second-order valence-electron chi connectivity index (χ2n) is 4.30. The van der Waals surface area contributed by atoms with E-state index in [1.165, 1.54) is 6.20 Å².